The molecule has 0 aliphatic rings. The summed E-state index contributed by atoms with van der Waals surface area (Å²) in [5.74, 6) is -1.72. The average molecular weight is 182 g/mol. The van der Waals surface area contributed by atoms with Crippen molar-refractivity contribution in [3.8, 4) is 5.75 Å². The summed E-state index contributed by atoms with van der Waals surface area (Å²) in [6, 6.07) is 3.56. The van der Waals surface area contributed by atoms with Crippen LogP contribution in [0.1, 0.15) is 6.92 Å². The summed E-state index contributed by atoms with van der Waals surface area (Å²) in [5.41, 5.74) is 0.379. The number of carbonyl (C=O) groups excluding carboxylic acids is 1. The first-order valence-corrected chi connectivity index (χ1v) is 3.73. The number of hydrogen-bond donors (Lipinski definition) is 0. The lowest BCUT2D eigenvalue weighted by Gasteiger charge is -2.16. The second-order valence-corrected chi connectivity index (χ2v) is 2.69. The first kappa shape index (κ1) is 9.51. The molecular formula is C9H9FNO2-. The minimum absolute atomic E-state index is 0.210. The van der Waals surface area contributed by atoms with Gasteiger partial charge in [0.1, 0.15) is 5.82 Å². The van der Waals surface area contributed by atoms with E-state index >= 15 is 0 Å². The predicted octanol–water partition coefficient (Wildman–Crippen LogP) is 0.882. The van der Waals surface area contributed by atoms with Gasteiger partial charge >= 0.3 is 0 Å². The number of rotatable bonds is 1. The van der Waals surface area contributed by atoms with Gasteiger partial charge in [-0.05, 0) is 12.1 Å². The molecule has 0 spiro atoms. The van der Waals surface area contributed by atoms with Crippen LogP contribution in [-0.2, 0) is 4.79 Å². The van der Waals surface area contributed by atoms with Crippen molar-refractivity contribution in [3.05, 3.63) is 24.0 Å². The van der Waals surface area contributed by atoms with Crippen LogP contribution in [-0.4, -0.2) is 13.0 Å². The molecule has 1 aromatic carbocycles. The predicted molar refractivity (Wildman–Crippen MR) is 44.9 cm³/mol. The Morgan fingerprint density at radius 3 is 2.62 bits per heavy atom. The van der Waals surface area contributed by atoms with Crippen molar-refractivity contribution in [1.82, 2.24) is 0 Å². The normalized spacial score (nSPS) is 9.77. The first-order chi connectivity index (χ1) is 6.02. The van der Waals surface area contributed by atoms with E-state index in [0.717, 1.165) is 12.1 Å². The number of hydrogen-bond acceptors (Lipinski definition) is 2. The van der Waals surface area contributed by atoms with E-state index in [0.29, 0.717) is 5.69 Å². The fourth-order valence-electron chi connectivity index (χ4n) is 0.880. The van der Waals surface area contributed by atoms with Crippen molar-refractivity contribution in [2.45, 2.75) is 6.92 Å². The van der Waals surface area contributed by atoms with E-state index in [-0.39, 0.29) is 5.91 Å². The van der Waals surface area contributed by atoms with Crippen LogP contribution in [0.25, 0.3) is 0 Å². The van der Waals surface area contributed by atoms with E-state index in [2.05, 4.69) is 0 Å². The maximum absolute atomic E-state index is 12.8. The molecule has 0 aliphatic carbocycles. The monoisotopic (exact) mass is 182 g/mol. The lowest BCUT2D eigenvalue weighted by molar-refractivity contribution is -0.272. The molecule has 0 atom stereocenters. The molecule has 0 radical (unpaired) electrons. The van der Waals surface area contributed by atoms with Crippen LogP contribution in [0, 0.1) is 5.82 Å². The molecule has 0 bridgehead atoms. The summed E-state index contributed by atoms with van der Waals surface area (Å²) < 4.78 is 12.8. The van der Waals surface area contributed by atoms with Crippen LogP contribution in [0.3, 0.4) is 0 Å². The largest absolute Gasteiger partial charge is 0.870 e. The fraction of sp³-hybridized carbons (Fsp3) is 0.222. The highest BCUT2D eigenvalue weighted by Crippen LogP contribution is 2.19. The Bertz CT molecular complexity index is 338. The second kappa shape index (κ2) is 3.43. The Balaban J connectivity index is 3.03. The fourth-order valence-corrected chi connectivity index (χ4v) is 0.880. The van der Waals surface area contributed by atoms with Crippen LogP contribution >= 0.6 is 0 Å². The van der Waals surface area contributed by atoms with Crippen LogP contribution in [0.15, 0.2) is 18.2 Å². The minimum atomic E-state index is -0.842. The van der Waals surface area contributed by atoms with E-state index in [1.807, 2.05) is 0 Å². The molecule has 0 aromatic heterocycles. The molecule has 0 N–H and O–H groups in total. The smallest absolute Gasteiger partial charge is 0.223 e. The van der Waals surface area contributed by atoms with Crippen molar-refractivity contribution < 1.29 is 14.3 Å². The second-order valence-electron chi connectivity index (χ2n) is 2.69. The summed E-state index contributed by atoms with van der Waals surface area (Å²) in [6.07, 6.45) is 0. The lowest BCUT2D eigenvalue weighted by Crippen LogP contribution is -2.22. The summed E-state index contributed by atoms with van der Waals surface area (Å²) >= 11 is 0. The van der Waals surface area contributed by atoms with Crippen molar-refractivity contribution in [1.29, 1.82) is 0 Å². The standard InChI is InChI=1S/C9H10FNO2/c1-6(12)11(2)7-3-4-9(13)8(10)5-7/h3-5,13H,1-2H3/p-1. The lowest BCUT2D eigenvalue weighted by atomic mass is 10.2. The van der Waals surface area contributed by atoms with E-state index in [9.17, 15) is 14.3 Å². The molecular weight excluding hydrogens is 173 g/mol. The van der Waals surface area contributed by atoms with Gasteiger partial charge in [-0.15, -0.1) is 0 Å². The van der Waals surface area contributed by atoms with Gasteiger partial charge in [-0.25, -0.2) is 4.39 Å². The summed E-state index contributed by atoms with van der Waals surface area (Å²) in [5, 5.41) is 10.7. The molecule has 3 nitrogen and oxygen atoms in total. The van der Waals surface area contributed by atoms with Crippen molar-refractivity contribution in [2.24, 2.45) is 0 Å². The zero-order valence-electron chi connectivity index (χ0n) is 7.37. The Morgan fingerprint density at radius 1 is 1.54 bits per heavy atom. The van der Waals surface area contributed by atoms with Crippen LogP contribution in [0.2, 0.25) is 0 Å². The van der Waals surface area contributed by atoms with E-state index in [1.165, 1.54) is 24.9 Å². The molecule has 0 saturated carbocycles. The van der Waals surface area contributed by atoms with Gasteiger partial charge in [-0.2, -0.15) is 0 Å². The average Bonchev–Trinajstić information content (AvgIpc) is 2.08. The third-order valence-electron chi connectivity index (χ3n) is 1.78. The maximum Gasteiger partial charge on any atom is 0.223 e. The molecule has 1 amide bonds. The zero-order valence-corrected chi connectivity index (χ0v) is 7.37. The van der Waals surface area contributed by atoms with Crippen molar-refractivity contribution in [2.75, 3.05) is 11.9 Å². The van der Waals surface area contributed by atoms with Crippen molar-refractivity contribution >= 4 is 11.6 Å². The molecule has 4 heteroatoms. The third kappa shape index (κ3) is 1.96. The van der Waals surface area contributed by atoms with Gasteiger partial charge in [-0.3, -0.25) is 4.79 Å². The van der Waals surface area contributed by atoms with Gasteiger partial charge in [0, 0.05) is 19.7 Å². The molecule has 0 fully saturated rings. The molecule has 0 unspecified atom stereocenters. The molecule has 13 heavy (non-hydrogen) atoms. The Morgan fingerprint density at radius 2 is 2.15 bits per heavy atom. The number of nitrogens with zero attached hydrogens (tertiary/aromatic N) is 1. The summed E-state index contributed by atoms with van der Waals surface area (Å²) in [7, 11) is 1.52. The minimum Gasteiger partial charge on any atom is -0.870 e. The van der Waals surface area contributed by atoms with Gasteiger partial charge in [0.2, 0.25) is 5.91 Å². The van der Waals surface area contributed by atoms with Gasteiger partial charge < -0.3 is 10.0 Å². The highest BCUT2D eigenvalue weighted by Gasteiger charge is 2.05. The molecule has 0 aliphatic heterocycles. The topological polar surface area (TPSA) is 43.4 Å². The summed E-state index contributed by atoms with van der Waals surface area (Å²) in [4.78, 5) is 12.1. The molecule has 70 valence electrons. The highest BCUT2D eigenvalue weighted by atomic mass is 19.1. The molecule has 1 rings (SSSR count). The van der Waals surface area contributed by atoms with E-state index < -0.39 is 11.6 Å². The van der Waals surface area contributed by atoms with Gasteiger partial charge in [0.05, 0.1) is 0 Å². The Labute approximate surface area is 75.4 Å². The van der Waals surface area contributed by atoms with E-state index in [4.69, 9.17) is 0 Å². The molecule has 0 saturated heterocycles. The van der Waals surface area contributed by atoms with E-state index in [1.54, 1.807) is 0 Å². The SMILES string of the molecule is CC(=O)N(C)c1ccc([O-])c(F)c1. The third-order valence-corrected chi connectivity index (χ3v) is 1.78. The number of amides is 1. The number of halogens is 1. The highest BCUT2D eigenvalue weighted by molar-refractivity contribution is 5.90. The van der Waals surface area contributed by atoms with Crippen molar-refractivity contribution in [3.63, 3.8) is 0 Å². The van der Waals surface area contributed by atoms with Gasteiger partial charge in [0.25, 0.3) is 0 Å². The Kier molecular flexibility index (Phi) is 2.51. The Hall–Kier alpha value is -1.58. The van der Waals surface area contributed by atoms with Crippen LogP contribution < -0.4 is 10.0 Å². The molecule has 0 heterocycles. The summed E-state index contributed by atoms with van der Waals surface area (Å²) in [6.45, 7) is 1.36. The van der Waals surface area contributed by atoms with Crippen LogP contribution in [0.4, 0.5) is 10.1 Å². The first-order valence-electron chi connectivity index (χ1n) is 3.73. The van der Waals surface area contributed by atoms with Gasteiger partial charge in [-0.1, -0.05) is 11.8 Å². The number of benzene rings is 1. The quantitative estimate of drug-likeness (QED) is 0.647. The number of carbonyl (C=O) groups is 1. The van der Waals surface area contributed by atoms with Gasteiger partial charge in [0.15, 0.2) is 0 Å². The zero-order chi connectivity index (χ0) is 10.0. The molecule has 1 aromatic rings. The number of anilines is 1. The van der Waals surface area contributed by atoms with Crippen LogP contribution in [0.5, 0.6) is 5.75 Å². The maximum atomic E-state index is 12.8.